The van der Waals surface area contributed by atoms with Crippen LogP contribution >= 0.6 is 21.6 Å². The molecule has 1 aromatic heterocycles. The number of carbonyl (C=O) groups is 2. The van der Waals surface area contributed by atoms with E-state index < -0.39 is 0 Å². The van der Waals surface area contributed by atoms with Crippen molar-refractivity contribution >= 4 is 33.2 Å². The van der Waals surface area contributed by atoms with Gasteiger partial charge in [0.2, 0.25) is 0 Å². The Kier molecular flexibility index (Phi) is 6.29. The van der Waals surface area contributed by atoms with E-state index in [4.69, 9.17) is 0 Å². The molecule has 0 spiro atoms. The second-order valence-electron chi connectivity index (χ2n) is 3.75. The molecule has 0 amide bonds. The Morgan fingerprint density at radius 1 is 1.35 bits per heavy atom. The lowest BCUT2D eigenvalue weighted by atomic mass is 10.0. The highest BCUT2D eigenvalue weighted by Crippen LogP contribution is 2.31. The lowest BCUT2D eigenvalue weighted by Gasteiger charge is -2.10. The number of rotatable bonds is 7. The molecule has 92 valence electrons. The van der Waals surface area contributed by atoms with Crippen molar-refractivity contribution in [1.29, 1.82) is 0 Å². The van der Waals surface area contributed by atoms with Crippen LogP contribution in [0, 0.1) is 5.92 Å². The van der Waals surface area contributed by atoms with Gasteiger partial charge in [0.1, 0.15) is 16.6 Å². The minimum absolute atomic E-state index is 0.0636. The van der Waals surface area contributed by atoms with Crippen molar-refractivity contribution in [3.05, 3.63) is 24.4 Å². The van der Waals surface area contributed by atoms with E-state index in [0.717, 1.165) is 5.03 Å². The normalized spacial score (nSPS) is 12.1. The molecule has 0 aliphatic rings. The molecule has 0 radical (unpaired) electrons. The highest BCUT2D eigenvalue weighted by atomic mass is 33.1. The van der Waals surface area contributed by atoms with E-state index in [1.54, 1.807) is 23.9 Å². The van der Waals surface area contributed by atoms with E-state index in [9.17, 15) is 9.59 Å². The Labute approximate surface area is 109 Å². The highest BCUT2D eigenvalue weighted by Gasteiger charge is 2.16. The van der Waals surface area contributed by atoms with Gasteiger partial charge in [0.25, 0.3) is 0 Å². The van der Waals surface area contributed by atoms with Crippen molar-refractivity contribution in [2.24, 2.45) is 5.92 Å². The van der Waals surface area contributed by atoms with E-state index in [1.165, 1.54) is 17.7 Å². The van der Waals surface area contributed by atoms with Crippen molar-refractivity contribution in [2.75, 3.05) is 5.75 Å². The van der Waals surface area contributed by atoms with Crippen LogP contribution in [0.4, 0.5) is 0 Å². The molecule has 1 aromatic rings. The summed E-state index contributed by atoms with van der Waals surface area (Å²) in [6.45, 7) is 3.06. The molecule has 0 N–H and O–H groups in total. The molecular formula is C12H15NO2S2. The first-order valence-electron chi connectivity index (χ1n) is 5.30. The summed E-state index contributed by atoms with van der Waals surface area (Å²) in [5.41, 5.74) is 0. The maximum atomic E-state index is 11.3. The Balaban J connectivity index is 2.37. The fourth-order valence-corrected chi connectivity index (χ4v) is 3.54. The van der Waals surface area contributed by atoms with Crippen LogP contribution in [-0.4, -0.2) is 22.3 Å². The van der Waals surface area contributed by atoms with Crippen LogP contribution < -0.4 is 0 Å². The number of hydrogen-bond donors (Lipinski definition) is 0. The number of pyridine rings is 1. The first-order chi connectivity index (χ1) is 8.09. The standard InChI is InChI=1S/C12H15NO2S2/c1-9(14)7-11(10(2)15)8-16-17-12-5-3-4-6-13-12/h3-6,11H,7-8H2,1-2H3/t11-/m0/s1. The average molecular weight is 269 g/mol. The van der Waals surface area contributed by atoms with Crippen molar-refractivity contribution in [2.45, 2.75) is 25.3 Å². The first kappa shape index (κ1) is 14.3. The summed E-state index contributed by atoms with van der Waals surface area (Å²) in [6, 6.07) is 5.71. The predicted molar refractivity (Wildman–Crippen MR) is 72.0 cm³/mol. The Hall–Kier alpha value is -0.810. The van der Waals surface area contributed by atoms with Gasteiger partial charge >= 0.3 is 0 Å². The molecule has 17 heavy (non-hydrogen) atoms. The van der Waals surface area contributed by atoms with Gasteiger partial charge in [0, 0.05) is 24.3 Å². The van der Waals surface area contributed by atoms with Gasteiger partial charge in [-0.05, 0) is 36.8 Å². The summed E-state index contributed by atoms with van der Waals surface area (Å²) in [4.78, 5) is 26.5. The minimum atomic E-state index is -0.172. The monoisotopic (exact) mass is 269 g/mol. The third kappa shape index (κ3) is 5.89. The second kappa shape index (κ2) is 7.50. The van der Waals surface area contributed by atoms with Crippen LogP contribution in [0.5, 0.6) is 0 Å². The van der Waals surface area contributed by atoms with Crippen LogP contribution in [0.15, 0.2) is 29.4 Å². The van der Waals surface area contributed by atoms with Crippen LogP contribution in [0.3, 0.4) is 0 Å². The zero-order valence-electron chi connectivity index (χ0n) is 9.88. The summed E-state index contributed by atoms with van der Waals surface area (Å²) < 4.78 is 0. The van der Waals surface area contributed by atoms with Gasteiger partial charge in [-0.2, -0.15) is 0 Å². The largest absolute Gasteiger partial charge is 0.300 e. The van der Waals surface area contributed by atoms with Gasteiger partial charge in [-0.1, -0.05) is 16.9 Å². The molecule has 1 heterocycles. The summed E-state index contributed by atoms with van der Waals surface area (Å²) in [5, 5.41) is 0.919. The summed E-state index contributed by atoms with van der Waals surface area (Å²) in [7, 11) is 3.10. The van der Waals surface area contributed by atoms with Crippen molar-refractivity contribution in [3.63, 3.8) is 0 Å². The Bertz CT molecular complexity index is 381. The zero-order valence-corrected chi connectivity index (χ0v) is 11.5. The third-order valence-electron chi connectivity index (χ3n) is 2.16. The SMILES string of the molecule is CC(=O)C[C@@H](CSSc1ccccn1)C(C)=O. The summed E-state index contributed by atoms with van der Waals surface area (Å²) in [5.74, 6) is 0.618. The number of aromatic nitrogens is 1. The van der Waals surface area contributed by atoms with Crippen LogP contribution in [0.2, 0.25) is 0 Å². The lowest BCUT2D eigenvalue weighted by Crippen LogP contribution is -2.16. The summed E-state index contributed by atoms with van der Waals surface area (Å²) >= 11 is 0. The molecule has 0 unspecified atom stereocenters. The zero-order chi connectivity index (χ0) is 12.7. The number of carbonyl (C=O) groups excluding carboxylic acids is 2. The molecule has 1 rings (SSSR count). The lowest BCUT2D eigenvalue weighted by molar-refractivity contribution is -0.125. The van der Waals surface area contributed by atoms with Gasteiger partial charge in [0.15, 0.2) is 0 Å². The van der Waals surface area contributed by atoms with Gasteiger partial charge in [-0.25, -0.2) is 4.98 Å². The van der Waals surface area contributed by atoms with Crippen molar-refractivity contribution in [1.82, 2.24) is 4.98 Å². The molecule has 0 fully saturated rings. The maximum Gasteiger partial charge on any atom is 0.134 e. The van der Waals surface area contributed by atoms with Gasteiger partial charge < -0.3 is 4.79 Å². The first-order valence-corrected chi connectivity index (χ1v) is 7.62. The van der Waals surface area contributed by atoms with E-state index in [0.29, 0.717) is 12.2 Å². The highest BCUT2D eigenvalue weighted by molar-refractivity contribution is 8.76. The van der Waals surface area contributed by atoms with E-state index in [-0.39, 0.29) is 17.5 Å². The van der Waals surface area contributed by atoms with Gasteiger partial charge in [0.05, 0.1) is 0 Å². The van der Waals surface area contributed by atoms with E-state index in [1.807, 2.05) is 18.2 Å². The summed E-state index contributed by atoms with van der Waals surface area (Å²) in [6.07, 6.45) is 2.08. The molecule has 0 aromatic carbocycles. The third-order valence-corrected chi connectivity index (χ3v) is 4.50. The molecule has 0 aliphatic heterocycles. The topological polar surface area (TPSA) is 47.0 Å². The molecule has 0 saturated carbocycles. The predicted octanol–water partition coefficient (Wildman–Crippen LogP) is 3.01. The molecule has 0 saturated heterocycles. The Morgan fingerprint density at radius 2 is 2.12 bits per heavy atom. The van der Waals surface area contributed by atoms with Crippen molar-refractivity contribution in [3.8, 4) is 0 Å². The van der Waals surface area contributed by atoms with E-state index in [2.05, 4.69) is 4.98 Å². The smallest absolute Gasteiger partial charge is 0.134 e. The van der Waals surface area contributed by atoms with E-state index >= 15 is 0 Å². The van der Waals surface area contributed by atoms with Crippen LogP contribution in [0.25, 0.3) is 0 Å². The number of Topliss-reactive ketones (excluding diaryl/α,β-unsaturated/α-hetero) is 2. The molecular weight excluding hydrogens is 254 g/mol. The van der Waals surface area contributed by atoms with Crippen LogP contribution in [-0.2, 0) is 9.59 Å². The molecule has 5 heteroatoms. The fourth-order valence-electron chi connectivity index (χ4n) is 1.24. The minimum Gasteiger partial charge on any atom is -0.300 e. The van der Waals surface area contributed by atoms with Gasteiger partial charge in [-0.3, -0.25) is 4.79 Å². The molecule has 0 aliphatic carbocycles. The second-order valence-corrected chi connectivity index (χ2v) is 6.11. The van der Waals surface area contributed by atoms with Gasteiger partial charge in [-0.15, -0.1) is 0 Å². The van der Waals surface area contributed by atoms with Crippen LogP contribution in [0.1, 0.15) is 20.3 Å². The Morgan fingerprint density at radius 3 is 2.65 bits per heavy atom. The molecule has 0 bridgehead atoms. The van der Waals surface area contributed by atoms with Crippen molar-refractivity contribution < 1.29 is 9.59 Å². The maximum absolute atomic E-state index is 11.3. The number of ketones is 2. The molecule has 1 atom stereocenters. The fraction of sp³-hybridized carbons (Fsp3) is 0.417. The average Bonchev–Trinajstić information content (AvgIpc) is 2.28. The number of nitrogens with zero attached hydrogens (tertiary/aromatic N) is 1. The number of hydrogen-bond acceptors (Lipinski definition) is 5. The molecule has 3 nitrogen and oxygen atoms in total. The quantitative estimate of drug-likeness (QED) is 0.712.